The summed E-state index contributed by atoms with van der Waals surface area (Å²) in [5, 5.41) is 2.69. The summed E-state index contributed by atoms with van der Waals surface area (Å²) >= 11 is 0. The fraction of sp³-hybridized carbons (Fsp3) is 0.542. The molecular formula is C24H33N3O5. The van der Waals surface area contributed by atoms with Gasteiger partial charge < -0.3 is 25.4 Å². The van der Waals surface area contributed by atoms with Crippen molar-refractivity contribution in [1.82, 2.24) is 10.2 Å². The van der Waals surface area contributed by atoms with Crippen LogP contribution < -0.4 is 11.1 Å². The van der Waals surface area contributed by atoms with Crippen molar-refractivity contribution in [2.24, 2.45) is 5.73 Å². The smallest absolute Gasteiger partial charge is 0.407 e. The van der Waals surface area contributed by atoms with Crippen LogP contribution in [0.1, 0.15) is 56.6 Å². The number of alkyl carbamates (subject to hydrolysis) is 1. The van der Waals surface area contributed by atoms with Gasteiger partial charge in [0.2, 0.25) is 11.8 Å². The SMILES string of the molecule is CCCC[C@@H]1NC(=O)OCCC/C=C/c2cccc(c2)CO[C@@H]2C[C@@H](C(N)=O)N(C2)C1=O. The van der Waals surface area contributed by atoms with Crippen molar-refractivity contribution in [2.45, 2.75) is 70.2 Å². The number of hydrogen-bond donors (Lipinski definition) is 2. The number of rotatable bonds is 4. The summed E-state index contributed by atoms with van der Waals surface area (Å²) in [4.78, 5) is 39.1. The number of fused-ring (bicyclic) bond motifs is 4. The maximum absolute atomic E-state index is 13.3. The number of nitrogens with zero attached hydrogens (tertiary/aromatic N) is 1. The second-order valence-electron chi connectivity index (χ2n) is 8.34. The lowest BCUT2D eigenvalue weighted by molar-refractivity contribution is -0.139. The van der Waals surface area contributed by atoms with Gasteiger partial charge in [-0.25, -0.2) is 4.79 Å². The van der Waals surface area contributed by atoms with E-state index in [4.69, 9.17) is 15.2 Å². The number of amides is 3. The summed E-state index contributed by atoms with van der Waals surface area (Å²) in [6, 6.07) is 6.50. The van der Waals surface area contributed by atoms with Gasteiger partial charge >= 0.3 is 6.09 Å². The Balaban J connectivity index is 1.81. The highest BCUT2D eigenvalue weighted by atomic mass is 16.5. The first-order chi connectivity index (χ1) is 15.5. The van der Waals surface area contributed by atoms with Gasteiger partial charge in [0.1, 0.15) is 12.1 Å². The lowest BCUT2D eigenvalue weighted by Gasteiger charge is -2.27. The molecule has 3 amide bonds. The lowest BCUT2D eigenvalue weighted by Crippen LogP contribution is -2.53. The van der Waals surface area contributed by atoms with Crippen molar-refractivity contribution in [3.63, 3.8) is 0 Å². The number of nitrogens with one attached hydrogen (secondary N) is 1. The number of ether oxygens (including phenoxy) is 2. The predicted molar refractivity (Wildman–Crippen MR) is 120 cm³/mol. The quantitative estimate of drug-likeness (QED) is 0.743. The second kappa shape index (κ2) is 11.7. The molecule has 32 heavy (non-hydrogen) atoms. The zero-order chi connectivity index (χ0) is 22.9. The van der Waals surface area contributed by atoms with E-state index in [2.05, 4.69) is 5.32 Å². The fourth-order valence-electron chi connectivity index (χ4n) is 4.07. The zero-order valence-electron chi connectivity index (χ0n) is 18.6. The highest BCUT2D eigenvalue weighted by Crippen LogP contribution is 2.24. The maximum Gasteiger partial charge on any atom is 0.407 e. The highest BCUT2D eigenvalue weighted by molar-refractivity contribution is 5.91. The molecule has 0 saturated carbocycles. The second-order valence-corrected chi connectivity index (χ2v) is 8.34. The van der Waals surface area contributed by atoms with Crippen molar-refractivity contribution in [3.05, 3.63) is 41.5 Å². The van der Waals surface area contributed by atoms with E-state index in [9.17, 15) is 14.4 Å². The van der Waals surface area contributed by atoms with Gasteiger partial charge in [-0.3, -0.25) is 9.59 Å². The Kier molecular flexibility index (Phi) is 8.67. The number of hydrogen-bond acceptors (Lipinski definition) is 5. The Morgan fingerprint density at radius 1 is 1.31 bits per heavy atom. The standard InChI is InChI=1S/C24H33N3O5/c1-2-3-11-20-23(29)27-15-19(14-21(27)22(25)28)32-16-18-10-7-9-17(13-18)8-5-4-6-12-31-24(30)26-20/h5,7-10,13,19-21H,2-4,6,11-12,14-16H2,1H3,(H2,25,28)(H,26,30)/b8-5+/t19-,20+,21+/m1/s1. The van der Waals surface area contributed by atoms with E-state index in [0.717, 1.165) is 30.4 Å². The molecule has 0 spiro atoms. The molecule has 8 heteroatoms. The third-order valence-corrected chi connectivity index (χ3v) is 5.81. The molecule has 3 atom stereocenters. The average molecular weight is 444 g/mol. The molecule has 0 radical (unpaired) electrons. The van der Waals surface area contributed by atoms with Crippen LogP contribution in [0.15, 0.2) is 30.3 Å². The lowest BCUT2D eigenvalue weighted by atomic mass is 10.1. The maximum atomic E-state index is 13.3. The molecule has 0 unspecified atom stereocenters. The Bertz CT molecular complexity index is 841. The van der Waals surface area contributed by atoms with Crippen LogP contribution in [0.3, 0.4) is 0 Å². The molecule has 8 nitrogen and oxygen atoms in total. The van der Waals surface area contributed by atoms with E-state index in [1.54, 1.807) is 0 Å². The van der Waals surface area contributed by atoms with Crippen LogP contribution in [-0.4, -0.2) is 54.1 Å². The minimum Gasteiger partial charge on any atom is -0.450 e. The molecule has 1 fully saturated rings. The number of primary amides is 1. The van der Waals surface area contributed by atoms with E-state index in [0.29, 0.717) is 25.9 Å². The molecule has 2 heterocycles. The van der Waals surface area contributed by atoms with E-state index in [1.165, 1.54) is 4.90 Å². The first-order valence-electron chi connectivity index (χ1n) is 11.4. The van der Waals surface area contributed by atoms with E-state index >= 15 is 0 Å². The largest absolute Gasteiger partial charge is 0.450 e. The van der Waals surface area contributed by atoms with Crippen molar-refractivity contribution in [1.29, 1.82) is 0 Å². The normalized spacial score (nSPS) is 25.9. The van der Waals surface area contributed by atoms with Crippen molar-refractivity contribution in [2.75, 3.05) is 13.2 Å². The molecule has 0 aliphatic carbocycles. The van der Waals surface area contributed by atoms with Crippen molar-refractivity contribution < 1.29 is 23.9 Å². The summed E-state index contributed by atoms with van der Waals surface area (Å²) in [5.41, 5.74) is 7.68. The average Bonchev–Trinajstić information content (AvgIpc) is 3.21. The van der Waals surface area contributed by atoms with Gasteiger partial charge in [0.05, 0.1) is 19.3 Å². The Hall–Kier alpha value is -2.87. The fourth-order valence-corrected chi connectivity index (χ4v) is 4.07. The molecule has 1 aromatic rings. The van der Waals surface area contributed by atoms with Gasteiger partial charge in [-0.15, -0.1) is 0 Å². The zero-order valence-corrected chi connectivity index (χ0v) is 18.6. The van der Waals surface area contributed by atoms with Crippen molar-refractivity contribution in [3.8, 4) is 0 Å². The molecule has 2 aliphatic rings. The van der Waals surface area contributed by atoms with Gasteiger partial charge in [0.15, 0.2) is 0 Å². The molecule has 2 aliphatic heterocycles. The molecule has 3 rings (SSSR count). The Morgan fingerprint density at radius 2 is 2.16 bits per heavy atom. The van der Waals surface area contributed by atoms with Crippen LogP contribution in [0.25, 0.3) is 6.08 Å². The van der Waals surface area contributed by atoms with Crippen LogP contribution in [0, 0.1) is 0 Å². The van der Waals surface area contributed by atoms with Gasteiger partial charge in [0, 0.05) is 13.0 Å². The van der Waals surface area contributed by atoms with Crippen molar-refractivity contribution >= 4 is 24.0 Å². The van der Waals surface area contributed by atoms with Gasteiger partial charge in [-0.2, -0.15) is 0 Å². The van der Waals surface area contributed by atoms with Crippen LogP contribution in [-0.2, 0) is 25.7 Å². The minimum atomic E-state index is -0.765. The van der Waals surface area contributed by atoms with Crippen LogP contribution in [0.2, 0.25) is 0 Å². The number of allylic oxidation sites excluding steroid dienone is 1. The molecule has 174 valence electrons. The Morgan fingerprint density at radius 3 is 2.94 bits per heavy atom. The van der Waals surface area contributed by atoms with Gasteiger partial charge in [0.25, 0.3) is 0 Å². The summed E-state index contributed by atoms with van der Waals surface area (Å²) in [6.45, 7) is 2.90. The monoisotopic (exact) mass is 443 g/mol. The van der Waals surface area contributed by atoms with E-state index in [1.807, 2.05) is 43.3 Å². The summed E-state index contributed by atoms with van der Waals surface area (Å²) in [6.07, 6.45) is 7.02. The van der Waals surface area contributed by atoms with Crippen LogP contribution >= 0.6 is 0 Å². The molecule has 1 saturated heterocycles. The topological polar surface area (TPSA) is 111 Å². The molecule has 4 bridgehead atoms. The summed E-state index contributed by atoms with van der Waals surface area (Å²) in [5.74, 6) is -0.893. The third kappa shape index (κ3) is 6.56. The number of benzene rings is 1. The number of carbonyl (C=O) groups is 3. The Labute approximate surface area is 189 Å². The number of unbranched alkanes of at least 4 members (excludes halogenated alkanes) is 1. The predicted octanol–water partition coefficient (Wildman–Crippen LogP) is 2.75. The molecular weight excluding hydrogens is 410 g/mol. The van der Waals surface area contributed by atoms with Crippen LogP contribution in [0.4, 0.5) is 4.79 Å². The van der Waals surface area contributed by atoms with Gasteiger partial charge in [-0.1, -0.05) is 50.1 Å². The summed E-state index contributed by atoms with van der Waals surface area (Å²) < 4.78 is 11.3. The molecule has 3 N–H and O–H groups in total. The van der Waals surface area contributed by atoms with Crippen LogP contribution in [0.5, 0.6) is 0 Å². The van der Waals surface area contributed by atoms with Gasteiger partial charge in [-0.05, 0) is 36.5 Å². The minimum absolute atomic E-state index is 0.255. The first kappa shape index (κ1) is 23.8. The number of cyclic esters (lactones) is 1. The number of nitrogens with two attached hydrogens (primary N) is 1. The van der Waals surface area contributed by atoms with E-state index < -0.39 is 24.1 Å². The molecule has 0 aromatic heterocycles. The molecule has 1 aromatic carbocycles. The first-order valence-corrected chi connectivity index (χ1v) is 11.4. The number of carbonyl (C=O) groups excluding carboxylic acids is 3. The summed E-state index contributed by atoms with van der Waals surface area (Å²) in [7, 11) is 0. The highest BCUT2D eigenvalue weighted by Gasteiger charge is 2.41. The van der Waals surface area contributed by atoms with E-state index in [-0.39, 0.29) is 25.2 Å². The third-order valence-electron chi connectivity index (χ3n) is 5.81.